The first-order chi connectivity index (χ1) is 18.9. The SMILES string of the molecule is Cc1ccc(Nc2ccc3c(c2)ncn3-c2ccc([C@H]3C[C@@H](C(F)F)CO3)c(-n3nc(C#N)cc3C)n2)nn1. The Morgan fingerprint density at radius 1 is 1.10 bits per heavy atom. The summed E-state index contributed by atoms with van der Waals surface area (Å²) in [4.78, 5) is 9.42. The Hall–Kier alpha value is -4.76. The number of nitrogens with one attached hydrogen (secondary N) is 1. The maximum Gasteiger partial charge on any atom is 0.243 e. The first kappa shape index (κ1) is 24.6. The molecule has 10 nitrogen and oxygen atoms in total. The summed E-state index contributed by atoms with van der Waals surface area (Å²) in [5.41, 5.74) is 4.72. The lowest BCUT2D eigenvalue weighted by atomic mass is 10.0. The van der Waals surface area contributed by atoms with Gasteiger partial charge in [-0.2, -0.15) is 15.5 Å². The first-order valence-electron chi connectivity index (χ1n) is 12.3. The van der Waals surface area contributed by atoms with Crippen LogP contribution in [0.25, 0.3) is 22.7 Å². The zero-order valence-corrected chi connectivity index (χ0v) is 21.1. The summed E-state index contributed by atoms with van der Waals surface area (Å²) in [5.74, 6) is 0.751. The molecular weight excluding hydrogens is 504 g/mol. The Morgan fingerprint density at radius 2 is 1.97 bits per heavy atom. The maximum atomic E-state index is 13.4. The van der Waals surface area contributed by atoms with Crippen LogP contribution in [0.4, 0.5) is 20.3 Å². The van der Waals surface area contributed by atoms with Gasteiger partial charge in [-0.1, -0.05) is 0 Å². The average molecular weight is 528 g/mol. The van der Waals surface area contributed by atoms with E-state index in [9.17, 15) is 14.0 Å². The number of nitriles is 1. The summed E-state index contributed by atoms with van der Waals surface area (Å²) in [6, 6.07) is 16.8. The minimum Gasteiger partial charge on any atom is -0.373 e. The zero-order chi connectivity index (χ0) is 27.1. The molecule has 1 N–H and O–H groups in total. The second kappa shape index (κ2) is 9.85. The molecule has 39 heavy (non-hydrogen) atoms. The molecule has 0 bridgehead atoms. The van der Waals surface area contributed by atoms with Crippen molar-refractivity contribution in [1.82, 2.24) is 34.5 Å². The molecule has 6 rings (SSSR count). The molecule has 0 radical (unpaired) electrons. The third-order valence-corrected chi connectivity index (χ3v) is 6.69. The first-order valence-corrected chi connectivity index (χ1v) is 12.3. The molecule has 2 atom stereocenters. The normalized spacial score (nSPS) is 17.1. The van der Waals surface area contributed by atoms with Crippen LogP contribution in [0, 0.1) is 31.1 Å². The van der Waals surface area contributed by atoms with Crippen LogP contribution in [0.3, 0.4) is 0 Å². The average Bonchev–Trinajstić information content (AvgIpc) is 3.68. The van der Waals surface area contributed by atoms with Crippen LogP contribution in [-0.4, -0.2) is 47.5 Å². The van der Waals surface area contributed by atoms with Crippen molar-refractivity contribution in [2.24, 2.45) is 5.92 Å². The number of alkyl halides is 2. The van der Waals surface area contributed by atoms with Crippen molar-refractivity contribution >= 4 is 22.5 Å². The molecule has 196 valence electrons. The van der Waals surface area contributed by atoms with Crippen LogP contribution >= 0.6 is 0 Å². The van der Waals surface area contributed by atoms with Crippen molar-refractivity contribution in [3.05, 3.63) is 77.5 Å². The minimum absolute atomic E-state index is 0.0260. The van der Waals surface area contributed by atoms with Gasteiger partial charge in [-0.3, -0.25) is 4.57 Å². The highest BCUT2D eigenvalue weighted by atomic mass is 19.3. The van der Waals surface area contributed by atoms with Gasteiger partial charge in [-0.15, -0.1) is 5.10 Å². The number of imidazole rings is 1. The van der Waals surface area contributed by atoms with Gasteiger partial charge >= 0.3 is 0 Å². The Labute approximate surface area is 221 Å². The second-order valence-electron chi connectivity index (χ2n) is 9.43. The molecule has 1 aliphatic heterocycles. The van der Waals surface area contributed by atoms with Crippen LogP contribution < -0.4 is 5.32 Å². The number of nitrogens with zero attached hydrogens (tertiary/aromatic N) is 8. The van der Waals surface area contributed by atoms with E-state index in [4.69, 9.17) is 9.72 Å². The highest BCUT2D eigenvalue weighted by Crippen LogP contribution is 2.38. The van der Waals surface area contributed by atoms with Gasteiger partial charge in [0.1, 0.15) is 18.2 Å². The number of hydrogen-bond acceptors (Lipinski definition) is 8. The summed E-state index contributed by atoms with van der Waals surface area (Å²) in [6.07, 6.45) is -1.18. The molecule has 1 aliphatic rings. The number of fused-ring (bicyclic) bond motifs is 1. The molecule has 1 saturated heterocycles. The zero-order valence-electron chi connectivity index (χ0n) is 21.1. The molecule has 0 aliphatic carbocycles. The second-order valence-corrected chi connectivity index (χ2v) is 9.43. The van der Waals surface area contributed by atoms with Crippen molar-refractivity contribution in [2.75, 3.05) is 11.9 Å². The van der Waals surface area contributed by atoms with Gasteiger partial charge in [0.2, 0.25) is 6.43 Å². The molecule has 0 spiro atoms. The van der Waals surface area contributed by atoms with Gasteiger partial charge in [-0.25, -0.2) is 23.4 Å². The van der Waals surface area contributed by atoms with Crippen LogP contribution in [0.15, 0.2) is 54.9 Å². The van der Waals surface area contributed by atoms with E-state index in [2.05, 4.69) is 25.6 Å². The highest BCUT2D eigenvalue weighted by molar-refractivity contribution is 5.82. The lowest BCUT2D eigenvalue weighted by molar-refractivity contribution is 0.0579. The van der Waals surface area contributed by atoms with Crippen LogP contribution in [0.5, 0.6) is 0 Å². The molecule has 5 heterocycles. The Bertz CT molecular complexity index is 1710. The number of hydrogen-bond donors (Lipinski definition) is 1. The number of pyridine rings is 1. The molecule has 4 aromatic heterocycles. The van der Waals surface area contributed by atoms with Crippen LogP contribution in [0.1, 0.15) is 35.2 Å². The Morgan fingerprint density at radius 3 is 2.69 bits per heavy atom. The van der Waals surface area contributed by atoms with Gasteiger partial charge in [0, 0.05) is 22.9 Å². The van der Waals surface area contributed by atoms with Crippen molar-refractivity contribution in [1.29, 1.82) is 5.26 Å². The van der Waals surface area contributed by atoms with Crippen molar-refractivity contribution in [3.63, 3.8) is 0 Å². The summed E-state index contributed by atoms with van der Waals surface area (Å²) >= 11 is 0. The van der Waals surface area contributed by atoms with Gasteiger partial charge < -0.3 is 10.1 Å². The largest absolute Gasteiger partial charge is 0.373 e. The van der Waals surface area contributed by atoms with Crippen molar-refractivity contribution < 1.29 is 13.5 Å². The number of ether oxygens (including phenoxy) is 1. The molecule has 1 fully saturated rings. The van der Waals surface area contributed by atoms with Gasteiger partial charge in [0.05, 0.1) is 29.4 Å². The molecule has 0 saturated carbocycles. The third kappa shape index (κ3) is 4.68. The molecule has 0 amide bonds. The van der Waals surface area contributed by atoms with E-state index in [1.807, 2.05) is 60.9 Å². The van der Waals surface area contributed by atoms with E-state index in [1.54, 1.807) is 23.1 Å². The summed E-state index contributed by atoms with van der Waals surface area (Å²) in [5, 5.41) is 25.2. The standard InChI is InChI=1S/C27H23F2N9O/c1-15-3-7-24(35-34-15)32-18-4-6-22-21(11-18)31-14-37(22)25-8-5-20(23-10-17(13-39-23)26(28)29)27(33-25)38-16(2)9-19(12-30)36-38/h3-9,11,14,17,23,26H,10,13H2,1-2H3,(H,32,35)/t17-,23-/m1/s1. The fraction of sp³-hybridized carbons (Fsp3) is 0.259. The number of halogens is 2. The number of benzene rings is 1. The van der Waals surface area contributed by atoms with Crippen molar-refractivity contribution in [3.8, 4) is 17.7 Å². The summed E-state index contributed by atoms with van der Waals surface area (Å²) in [7, 11) is 0. The number of anilines is 2. The van der Waals surface area contributed by atoms with E-state index in [0.717, 1.165) is 22.4 Å². The monoisotopic (exact) mass is 527 g/mol. The van der Waals surface area contributed by atoms with E-state index in [0.29, 0.717) is 28.7 Å². The molecule has 1 aromatic carbocycles. The molecular formula is C27H23F2N9O. The minimum atomic E-state index is -2.46. The lowest BCUT2D eigenvalue weighted by Gasteiger charge is -2.17. The predicted molar refractivity (Wildman–Crippen MR) is 138 cm³/mol. The van der Waals surface area contributed by atoms with E-state index >= 15 is 0 Å². The molecule has 12 heteroatoms. The Kier molecular flexibility index (Phi) is 6.20. The molecule has 0 unspecified atom stereocenters. The topological polar surface area (TPSA) is 119 Å². The highest BCUT2D eigenvalue weighted by Gasteiger charge is 2.35. The molecule has 5 aromatic rings. The van der Waals surface area contributed by atoms with Gasteiger partial charge in [0.25, 0.3) is 0 Å². The van der Waals surface area contributed by atoms with Crippen LogP contribution in [-0.2, 0) is 4.74 Å². The number of rotatable bonds is 6. The summed E-state index contributed by atoms with van der Waals surface area (Å²) in [6.45, 7) is 3.66. The Balaban J connectivity index is 1.38. The quantitative estimate of drug-likeness (QED) is 0.329. The van der Waals surface area contributed by atoms with Gasteiger partial charge in [-0.05, 0) is 68.8 Å². The third-order valence-electron chi connectivity index (χ3n) is 6.69. The summed E-state index contributed by atoms with van der Waals surface area (Å²) < 4.78 is 35.9. The number of aryl methyl sites for hydroxylation is 2. The van der Waals surface area contributed by atoms with E-state index < -0.39 is 18.4 Å². The fourth-order valence-electron chi connectivity index (χ4n) is 4.68. The van der Waals surface area contributed by atoms with Gasteiger partial charge in [0.15, 0.2) is 17.3 Å². The lowest BCUT2D eigenvalue weighted by Crippen LogP contribution is -2.12. The predicted octanol–water partition coefficient (Wildman–Crippen LogP) is 4.97. The van der Waals surface area contributed by atoms with Crippen molar-refractivity contribution in [2.45, 2.75) is 32.8 Å². The number of aromatic nitrogens is 7. The van der Waals surface area contributed by atoms with Crippen LogP contribution in [0.2, 0.25) is 0 Å². The fourth-order valence-corrected chi connectivity index (χ4v) is 4.68. The smallest absolute Gasteiger partial charge is 0.243 e. The van der Waals surface area contributed by atoms with E-state index in [1.165, 1.54) is 0 Å². The van der Waals surface area contributed by atoms with E-state index in [-0.39, 0.29) is 18.7 Å². The maximum absolute atomic E-state index is 13.4.